The summed E-state index contributed by atoms with van der Waals surface area (Å²) in [5.41, 5.74) is 0. The molecule has 2 aliphatic heterocycles. The van der Waals surface area contributed by atoms with Crippen LogP contribution in [0.2, 0.25) is 0 Å². The first-order valence-corrected chi connectivity index (χ1v) is 6.16. The van der Waals surface area contributed by atoms with Crippen LogP contribution in [-0.2, 0) is 9.47 Å². The quantitative estimate of drug-likeness (QED) is 0.694. The van der Waals surface area contributed by atoms with Gasteiger partial charge in [0.15, 0.2) is 0 Å². The van der Waals surface area contributed by atoms with Crippen molar-refractivity contribution in [3.63, 3.8) is 0 Å². The van der Waals surface area contributed by atoms with Crippen molar-refractivity contribution in [1.82, 2.24) is 4.90 Å². The van der Waals surface area contributed by atoms with Crippen molar-refractivity contribution < 1.29 is 9.47 Å². The highest BCUT2D eigenvalue weighted by atomic mass is 16.5. The molecule has 3 heteroatoms. The number of piperidine rings is 1. The van der Waals surface area contributed by atoms with Crippen LogP contribution in [0.25, 0.3) is 0 Å². The molecule has 88 valence electrons. The molecule has 2 rings (SSSR count). The molecule has 1 unspecified atom stereocenters. The smallest absolute Gasteiger partial charge is 0.0960 e. The van der Waals surface area contributed by atoms with Crippen molar-refractivity contribution in [2.24, 2.45) is 5.92 Å². The van der Waals surface area contributed by atoms with Crippen LogP contribution in [-0.4, -0.2) is 50.5 Å². The summed E-state index contributed by atoms with van der Waals surface area (Å²) < 4.78 is 11.0. The highest BCUT2D eigenvalue weighted by molar-refractivity contribution is 4.85. The van der Waals surface area contributed by atoms with Crippen molar-refractivity contribution in [3.05, 3.63) is 0 Å². The standard InChI is InChI=1S/C12H23NO2/c1-10-3-6-13(7-4-10)11-5-8-15-9-12(11)14-2/h10-12H,3-9H2,1-2H3/t11?,12-/m1/s1. The van der Waals surface area contributed by atoms with E-state index in [1.807, 2.05) is 0 Å². The summed E-state index contributed by atoms with van der Waals surface area (Å²) in [6.07, 6.45) is 4.10. The van der Waals surface area contributed by atoms with Gasteiger partial charge in [0.2, 0.25) is 0 Å². The molecule has 15 heavy (non-hydrogen) atoms. The van der Waals surface area contributed by atoms with E-state index >= 15 is 0 Å². The predicted octanol–water partition coefficient (Wildman–Crippen LogP) is 1.52. The van der Waals surface area contributed by atoms with Crippen LogP contribution in [0.5, 0.6) is 0 Å². The molecule has 2 heterocycles. The van der Waals surface area contributed by atoms with Crippen LogP contribution in [0.4, 0.5) is 0 Å². The molecule has 2 aliphatic rings. The van der Waals surface area contributed by atoms with E-state index in [4.69, 9.17) is 9.47 Å². The lowest BCUT2D eigenvalue weighted by atomic mass is 9.95. The van der Waals surface area contributed by atoms with Gasteiger partial charge in [0.25, 0.3) is 0 Å². The van der Waals surface area contributed by atoms with E-state index in [2.05, 4.69) is 11.8 Å². The Labute approximate surface area is 92.7 Å². The minimum atomic E-state index is 0.284. The van der Waals surface area contributed by atoms with Crippen LogP contribution < -0.4 is 0 Å². The Bertz CT molecular complexity index is 190. The highest BCUT2D eigenvalue weighted by Gasteiger charge is 2.32. The molecule has 0 N–H and O–H groups in total. The van der Waals surface area contributed by atoms with Crippen LogP contribution >= 0.6 is 0 Å². The van der Waals surface area contributed by atoms with Crippen LogP contribution in [0.3, 0.4) is 0 Å². The van der Waals surface area contributed by atoms with Gasteiger partial charge in [0.1, 0.15) is 0 Å². The maximum Gasteiger partial charge on any atom is 0.0960 e. The lowest BCUT2D eigenvalue weighted by molar-refractivity contribution is -0.0879. The number of methoxy groups -OCH3 is 1. The molecule has 0 aromatic carbocycles. The summed E-state index contributed by atoms with van der Waals surface area (Å²) in [5, 5.41) is 0. The van der Waals surface area contributed by atoms with Gasteiger partial charge in [-0.05, 0) is 38.3 Å². The largest absolute Gasteiger partial charge is 0.379 e. The normalized spacial score (nSPS) is 35.6. The summed E-state index contributed by atoms with van der Waals surface area (Å²) in [4.78, 5) is 2.61. The molecule has 0 spiro atoms. The van der Waals surface area contributed by atoms with Gasteiger partial charge in [0, 0.05) is 19.8 Å². The van der Waals surface area contributed by atoms with E-state index in [0.29, 0.717) is 6.04 Å². The first-order valence-electron chi connectivity index (χ1n) is 6.16. The lowest BCUT2D eigenvalue weighted by Gasteiger charge is -2.42. The Morgan fingerprint density at radius 1 is 1.20 bits per heavy atom. The van der Waals surface area contributed by atoms with Crippen molar-refractivity contribution in [1.29, 1.82) is 0 Å². The minimum absolute atomic E-state index is 0.284. The highest BCUT2D eigenvalue weighted by Crippen LogP contribution is 2.23. The van der Waals surface area contributed by atoms with Crippen molar-refractivity contribution in [2.45, 2.75) is 38.3 Å². The average Bonchev–Trinajstić information content (AvgIpc) is 2.30. The van der Waals surface area contributed by atoms with Gasteiger partial charge in [-0.2, -0.15) is 0 Å². The third-order valence-corrected chi connectivity index (χ3v) is 3.86. The van der Waals surface area contributed by atoms with Crippen molar-refractivity contribution in [3.8, 4) is 0 Å². The van der Waals surface area contributed by atoms with E-state index in [1.54, 1.807) is 7.11 Å². The fourth-order valence-corrected chi connectivity index (χ4v) is 2.70. The Balaban J connectivity index is 1.90. The molecular formula is C12H23NO2. The molecule has 0 aromatic heterocycles. The van der Waals surface area contributed by atoms with Crippen LogP contribution in [0, 0.1) is 5.92 Å². The fourth-order valence-electron chi connectivity index (χ4n) is 2.70. The number of hydrogen-bond donors (Lipinski definition) is 0. The van der Waals surface area contributed by atoms with Gasteiger partial charge in [-0.15, -0.1) is 0 Å². The minimum Gasteiger partial charge on any atom is -0.379 e. The first kappa shape index (κ1) is 11.4. The number of nitrogens with zero attached hydrogens (tertiary/aromatic N) is 1. The van der Waals surface area contributed by atoms with E-state index in [0.717, 1.165) is 25.6 Å². The monoisotopic (exact) mass is 213 g/mol. The zero-order chi connectivity index (χ0) is 10.7. The molecule has 0 saturated carbocycles. The third kappa shape index (κ3) is 2.71. The number of rotatable bonds is 2. The summed E-state index contributed by atoms with van der Waals surface area (Å²) in [7, 11) is 1.80. The SMILES string of the molecule is CO[C@@H]1COCCC1N1CCC(C)CC1. The third-order valence-electron chi connectivity index (χ3n) is 3.86. The van der Waals surface area contributed by atoms with Gasteiger partial charge in [-0.3, -0.25) is 4.90 Å². The maximum atomic E-state index is 5.52. The van der Waals surface area contributed by atoms with Gasteiger partial charge in [0.05, 0.1) is 12.7 Å². The van der Waals surface area contributed by atoms with Crippen LogP contribution in [0.1, 0.15) is 26.2 Å². The predicted molar refractivity (Wildman–Crippen MR) is 60.0 cm³/mol. The molecule has 2 fully saturated rings. The molecule has 0 bridgehead atoms. The van der Waals surface area contributed by atoms with Crippen LogP contribution in [0.15, 0.2) is 0 Å². The molecule has 0 aliphatic carbocycles. The molecule has 2 atom stereocenters. The second-order valence-electron chi connectivity index (χ2n) is 4.92. The Hall–Kier alpha value is -0.120. The first-order chi connectivity index (χ1) is 7.31. The average molecular weight is 213 g/mol. The Morgan fingerprint density at radius 2 is 1.93 bits per heavy atom. The summed E-state index contributed by atoms with van der Waals surface area (Å²) in [6, 6.07) is 0.594. The van der Waals surface area contributed by atoms with E-state index in [-0.39, 0.29) is 6.10 Å². The summed E-state index contributed by atoms with van der Waals surface area (Å²) in [6.45, 7) is 6.51. The van der Waals surface area contributed by atoms with Crippen molar-refractivity contribution >= 4 is 0 Å². The summed E-state index contributed by atoms with van der Waals surface area (Å²) >= 11 is 0. The lowest BCUT2D eigenvalue weighted by Crippen LogP contribution is -2.52. The molecule has 2 saturated heterocycles. The number of ether oxygens (including phenoxy) is 2. The second-order valence-corrected chi connectivity index (χ2v) is 4.92. The zero-order valence-corrected chi connectivity index (χ0v) is 9.95. The second kappa shape index (κ2) is 5.28. The van der Waals surface area contributed by atoms with Gasteiger partial charge < -0.3 is 9.47 Å². The molecule has 0 radical (unpaired) electrons. The van der Waals surface area contributed by atoms with E-state index < -0.39 is 0 Å². The molecule has 0 amide bonds. The number of likely N-dealkylation sites (tertiary alicyclic amines) is 1. The maximum absolute atomic E-state index is 5.52. The van der Waals surface area contributed by atoms with E-state index in [1.165, 1.54) is 25.9 Å². The van der Waals surface area contributed by atoms with Gasteiger partial charge in [-0.1, -0.05) is 6.92 Å². The molecule has 3 nitrogen and oxygen atoms in total. The summed E-state index contributed by atoms with van der Waals surface area (Å²) in [5.74, 6) is 0.905. The fraction of sp³-hybridized carbons (Fsp3) is 1.00. The zero-order valence-electron chi connectivity index (χ0n) is 9.95. The van der Waals surface area contributed by atoms with Gasteiger partial charge >= 0.3 is 0 Å². The molecular weight excluding hydrogens is 190 g/mol. The Morgan fingerprint density at radius 3 is 2.60 bits per heavy atom. The molecule has 0 aromatic rings. The van der Waals surface area contributed by atoms with Gasteiger partial charge in [-0.25, -0.2) is 0 Å². The van der Waals surface area contributed by atoms with E-state index in [9.17, 15) is 0 Å². The topological polar surface area (TPSA) is 21.7 Å². The number of hydrogen-bond acceptors (Lipinski definition) is 3. The Kier molecular flexibility index (Phi) is 4.00. The van der Waals surface area contributed by atoms with Crippen molar-refractivity contribution in [2.75, 3.05) is 33.4 Å².